The average Bonchev–Trinajstić information content (AvgIpc) is 2.62. The molecule has 28 heavy (non-hydrogen) atoms. The van der Waals surface area contributed by atoms with Gasteiger partial charge in [-0.25, -0.2) is 4.79 Å². The zero-order valence-electron chi connectivity index (χ0n) is 16.9. The van der Waals surface area contributed by atoms with Crippen LogP contribution < -0.4 is 10.1 Å². The van der Waals surface area contributed by atoms with Gasteiger partial charge in [-0.2, -0.15) is 0 Å². The van der Waals surface area contributed by atoms with Gasteiger partial charge in [0.25, 0.3) is 0 Å². The van der Waals surface area contributed by atoms with Gasteiger partial charge in [0.2, 0.25) is 5.91 Å². The minimum Gasteiger partial charge on any atom is -0.492 e. The molecule has 2 amide bonds. The Bertz CT molecular complexity index is 638. The van der Waals surface area contributed by atoms with E-state index >= 15 is 0 Å². The van der Waals surface area contributed by atoms with Crippen LogP contribution in [-0.4, -0.2) is 73.3 Å². The Kier molecular flexibility index (Phi) is 8.38. The summed E-state index contributed by atoms with van der Waals surface area (Å²) in [4.78, 5) is 28.0. The van der Waals surface area contributed by atoms with Crippen molar-refractivity contribution in [1.29, 1.82) is 0 Å². The van der Waals surface area contributed by atoms with Crippen molar-refractivity contribution >= 4 is 23.6 Å². The van der Waals surface area contributed by atoms with Gasteiger partial charge >= 0.3 is 6.09 Å². The predicted molar refractivity (Wildman–Crippen MR) is 109 cm³/mol. The predicted octanol–water partition coefficient (Wildman–Crippen LogP) is 2.78. The minimum atomic E-state index is -0.540. The topological polar surface area (TPSA) is 71.1 Å². The number of carbonyl (C=O) groups is 2. The summed E-state index contributed by atoms with van der Waals surface area (Å²) in [5.74, 6) is 0.851. The Morgan fingerprint density at radius 3 is 2.36 bits per heavy atom. The van der Waals surface area contributed by atoms with Crippen LogP contribution in [0.4, 0.5) is 4.79 Å². The number of hydrogen-bond acceptors (Lipinski definition) is 5. The molecule has 0 atom stereocenters. The lowest BCUT2D eigenvalue weighted by Gasteiger charge is -2.34. The maximum absolute atomic E-state index is 12.3. The second-order valence-corrected chi connectivity index (χ2v) is 8.14. The Labute approximate surface area is 171 Å². The molecule has 1 saturated heterocycles. The van der Waals surface area contributed by atoms with Crippen LogP contribution >= 0.6 is 11.6 Å². The van der Waals surface area contributed by atoms with Crippen LogP contribution in [0.2, 0.25) is 5.02 Å². The van der Waals surface area contributed by atoms with Crippen molar-refractivity contribution in [2.45, 2.75) is 32.8 Å². The molecule has 1 aliphatic heterocycles. The van der Waals surface area contributed by atoms with Gasteiger partial charge in [-0.1, -0.05) is 11.6 Å². The number of carbonyl (C=O) groups excluding carboxylic acids is 2. The molecule has 1 fully saturated rings. The molecule has 0 bridgehead atoms. The fourth-order valence-electron chi connectivity index (χ4n) is 2.79. The van der Waals surface area contributed by atoms with Crippen molar-refractivity contribution in [1.82, 2.24) is 15.1 Å². The van der Waals surface area contributed by atoms with E-state index in [1.54, 1.807) is 32.9 Å². The molecule has 7 nitrogen and oxygen atoms in total. The van der Waals surface area contributed by atoms with Gasteiger partial charge in [-0.3, -0.25) is 9.69 Å². The van der Waals surface area contributed by atoms with E-state index < -0.39 is 11.7 Å². The second-order valence-electron chi connectivity index (χ2n) is 7.70. The van der Waals surface area contributed by atoms with Gasteiger partial charge in [-0.05, 0) is 45.0 Å². The summed E-state index contributed by atoms with van der Waals surface area (Å²) < 4.78 is 10.9. The van der Waals surface area contributed by atoms with Gasteiger partial charge in [-0.15, -0.1) is 0 Å². The Morgan fingerprint density at radius 2 is 1.75 bits per heavy atom. The molecule has 1 aliphatic rings. The van der Waals surface area contributed by atoms with E-state index in [4.69, 9.17) is 21.1 Å². The number of benzene rings is 1. The zero-order valence-corrected chi connectivity index (χ0v) is 17.6. The molecule has 0 unspecified atom stereocenters. The number of alkyl carbamates (subject to hydrolysis) is 1. The Hall–Kier alpha value is -1.99. The maximum atomic E-state index is 12.3. The first-order valence-electron chi connectivity index (χ1n) is 9.58. The van der Waals surface area contributed by atoms with E-state index in [9.17, 15) is 9.59 Å². The smallest absolute Gasteiger partial charge is 0.407 e. The number of ether oxygens (including phenoxy) is 2. The maximum Gasteiger partial charge on any atom is 0.407 e. The van der Waals surface area contributed by atoms with E-state index in [-0.39, 0.29) is 18.9 Å². The van der Waals surface area contributed by atoms with Crippen LogP contribution in [0.3, 0.4) is 0 Å². The lowest BCUT2D eigenvalue weighted by molar-refractivity contribution is -0.132. The summed E-state index contributed by atoms with van der Waals surface area (Å²) in [6.07, 6.45) is -0.218. The van der Waals surface area contributed by atoms with Crippen molar-refractivity contribution in [2.24, 2.45) is 0 Å². The zero-order chi connectivity index (χ0) is 20.6. The van der Waals surface area contributed by atoms with Crippen LogP contribution in [0.5, 0.6) is 5.75 Å². The summed E-state index contributed by atoms with van der Waals surface area (Å²) in [6, 6.07) is 7.31. The first kappa shape index (κ1) is 22.3. The molecule has 8 heteroatoms. The van der Waals surface area contributed by atoms with Gasteiger partial charge in [0, 0.05) is 50.7 Å². The summed E-state index contributed by atoms with van der Waals surface area (Å²) in [6.45, 7) is 10.1. The highest BCUT2D eigenvalue weighted by atomic mass is 35.5. The molecule has 1 aromatic rings. The molecule has 1 aromatic carbocycles. The summed E-state index contributed by atoms with van der Waals surface area (Å²) in [7, 11) is 0. The van der Waals surface area contributed by atoms with Crippen LogP contribution in [0.1, 0.15) is 27.2 Å². The normalized spacial score (nSPS) is 15.2. The molecule has 0 saturated carbocycles. The van der Waals surface area contributed by atoms with Gasteiger partial charge in [0.05, 0.1) is 0 Å². The molecular weight excluding hydrogens is 382 g/mol. The minimum absolute atomic E-state index is 0.0492. The van der Waals surface area contributed by atoms with Crippen molar-refractivity contribution < 1.29 is 19.1 Å². The van der Waals surface area contributed by atoms with E-state index in [0.717, 1.165) is 25.4 Å². The lowest BCUT2D eigenvalue weighted by atomic mass is 10.2. The molecule has 0 aliphatic carbocycles. The van der Waals surface area contributed by atoms with Crippen LogP contribution in [0, 0.1) is 0 Å². The highest BCUT2D eigenvalue weighted by molar-refractivity contribution is 6.30. The molecule has 1 heterocycles. The average molecular weight is 412 g/mol. The standard InChI is InChI=1S/C20H30ClN3O4/c1-20(2,3)28-19(26)22-9-8-18(25)24-12-10-23(11-13-24)14-15-27-17-6-4-16(21)5-7-17/h4-7H,8-15H2,1-3H3,(H,22,26). The number of amides is 2. The molecular formula is C20H30ClN3O4. The largest absolute Gasteiger partial charge is 0.492 e. The SMILES string of the molecule is CC(C)(C)OC(=O)NCCC(=O)N1CCN(CCOc2ccc(Cl)cc2)CC1. The second kappa shape index (κ2) is 10.5. The Balaban J connectivity index is 1.58. The third-order valence-corrected chi connectivity index (χ3v) is 4.47. The van der Waals surface area contributed by atoms with Crippen molar-refractivity contribution in [2.75, 3.05) is 45.9 Å². The third-order valence-electron chi connectivity index (χ3n) is 4.22. The summed E-state index contributed by atoms with van der Waals surface area (Å²) in [5.41, 5.74) is -0.540. The van der Waals surface area contributed by atoms with Crippen molar-refractivity contribution in [3.63, 3.8) is 0 Å². The summed E-state index contributed by atoms with van der Waals surface area (Å²) >= 11 is 5.86. The highest BCUT2D eigenvalue weighted by Gasteiger charge is 2.21. The quantitative estimate of drug-likeness (QED) is 0.747. The van der Waals surface area contributed by atoms with Gasteiger partial charge in [0.15, 0.2) is 0 Å². The monoisotopic (exact) mass is 411 g/mol. The number of nitrogens with one attached hydrogen (secondary N) is 1. The molecule has 156 valence electrons. The fourth-order valence-corrected chi connectivity index (χ4v) is 2.91. The highest BCUT2D eigenvalue weighted by Crippen LogP contribution is 2.15. The number of rotatable bonds is 7. The van der Waals surface area contributed by atoms with E-state index in [1.165, 1.54) is 0 Å². The lowest BCUT2D eigenvalue weighted by Crippen LogP contribution is -2.50. The van der Waals surface area contributed by atoms with E-state index in [1.807, 2.05) is 17.0 Å². The number of piperazine rings is 1. The summed E-state index contributed by atoms with van der Waals surface area (Å²) in [5, 5.41) is 3.31. The van der Waals surface area contributed by atoms with Crippen LogP contribution in [0.25, 0.3) is 0 Å². The molecule has 0 spiro atoms. The molecule has 0 radical (unpaired) electrons. The first-order chi connectivity index (χ1) is 13.2. The molecule has 1 N–H and O–H groups in total. The molecule has 0 aromatic heterocycles. The Morgan fingerprint density at radius 1 is 1.11 bits per heavy atom. The van der Waals surface area contributed by atoms with Gasteiger partial charge in [0.1, 0.15) is 18.0 Å². The fraction of sp³-hybridized carbons (Fsp3) is 0.600. The van der Waals surface area contributed by atoms with E-state index in [2.05, 4.69) is 10.2 Å². The van der Waals surface area contributed by atoms with Crippen molar-refractivity contribution in [3.8, 4) is 5.75 Å². The van der Waals surface area contributed by atoms with Crippen molar-refractivity contribution in [3.05, 3.63) is 29.3 Å². The van der Waals surface area contributed by atoms with Gasteiger partial charge < -0.3 is 19.7 Å². The first-order valence-corrected chi connectivity index (χ1v) is 9.96. The van der Waals surface area contributed by atoms with Crippen LogP contribution in [0.15, 0.2) is 24.3 Å². The number of halogens is 1. The number of hydrogen-bond donors (Lipinski definition) is 1. The van der Waals surface area contributed by atoms with Crippen LogP contribution in [-0.2, 0) is 9.53 Å². The third kappa shape index (κ3) is 8.35. The molecule has 2 rings (SSSR count). The number of nitrogens with zero attached hydrogens (tertiary/aromatic N) is 2. The van der Waals surface area contributed by atoms with E-state index in [0.29, 0.717) is 24.7 Å².